The van der Waals surface area contributed by atoms with Crippen LogP contribution in [0.3, 0.4) is 0 Å². The first-order valence-corrected chi connectivity index (χ1v) is 8.36. The fourth-order valence-electron chi connectivity index (χ4n) is 2.41. The van der Waals surface area contributed by atoms with Crippen molar-refractivity contribution in [2.24, 2.45) is 0 Å². The third-order valence-electron chi connectivity index (χ3n) is 3.78. The van der Waals surface area contributed by atoms with Gasteiger partial charge in [-0.2, -0.15) is 5.26 Å². The van der Waals surface area contributed by atoms with Crippen LogP contribution in [0.1, 0.15) is 44.7 Å². The normalized spacial score (nSPS) is 12.1. The summed E-state index contributed by atoms with van der Waals surface area (Å²) in [5.74, 6) is 0.183. The van der Waals surface area contributed by atoms with E-state index in [1.54, 1.807) is 0 Å². The molecule has 0 aliphatic rings. The highest BCUT2D eigenvalue weighted by Crippen LogP contribution is 2.23. The van der Waals surface area contributed by atoms with Gasteiger partial charge in [-0.15, -0.1) is 0 Å². The van der Waals surface area contributed by atoms with E-state index in [2.05, 4.69) is 42.6 Å². The third-order valence-corrected chi connectivity index (χ3v) is 3.78. The number of hydrogen-bond acceptors (Lipinski definition) is 3. The highest BCUT2D eigenvalue weighted by molar-refractivity contribution is 5.68. The lowest BCUT2D eigenvalue weighted by Crippen LogP contribution is -2.34. The molecule has 1 atom stereocenters. The van der Waals surface area contributed by atoms with Crippen LogP contribution in [0.2, 0.25) is 0 Å². The first-order valence-electron chi connectivity index (χ1n) is 8.36. The molecule has 2 aromatic carbocycles. The number of amides is 1. The maximum atomic E-state index is 11.7. The number of benzene rings is 2. The maximum Gasteiger partial charge on any atom is 0.407 e. The molecular weight excluding hydrogens is 312 g/mol. The van der Waals surface area contributed by atoms with Gasteiger partial charge in [0.15, 0.2) is 0 Å². The summed E-state index contributed by atoms with van der Waals surface area (Å²) in [7, 11) is 0. The lowest BCUT2D eigenvalue weighted by atomic mass is 9.97. The van der Waals surface area contributed by atoms with E-state index in [0.717, 1.165) is 16.7 Å². The maximum absolute atomic E-state index is 11.7. The fraction of sp³-hybridized carbons (Fsp3) is 0.333. The molecule has 0 aromatic heterocycles. The van der Waals surface area contributed by atoms with E-state index in [9.17, 15) is 4.79 Å². The summed E-state index contributed by atoms with van der Waals surface area (Å²) in [5, 5.41) is 11.7. The van der Waals surface area contributed by atoms with Gasteiger partial charge in [0.2, 0.25) is 0 Å². The first kappa shape index (κ1) is 18.5. The Labute approximate surface area is 149 Å². The Morgan fingerprint density at radius 3 is 2.08 bits per heavy atom. The van der Waals surface area contributed by atoms with Crippen molar-refractivity contribution in [1.82, 2.24) is 5.32 Å². The molecule has 25 heavy (non-hydrogen) atoms. The molecule has 0 bridgehead atoms. The molecule has 2 aromatic rings. The highest BCUT2D eigenvalue weighted by Gasteiger charge is 2.16. The van der Waals surface area contributed by atoms with Gasteiger partial charge >= 0.3 is 6.09 Å². The molecule has 0 fully saturated rings. The molecule has 0 aliphatic carbocycles. The summed E-state index contributed by atoms with van der Waals surface area (Å²) >= 11 is 0. The Hall–Kier alpha value is -2.80. The van der Waals surface area contributed by atoms with Crippen molar-refractivity contribution >= 4 is 6.09 Å². The zero-order chi connectivity index (χ0) is 18.4. The van der Waals surface area contributed by atoms with Crippen LogP contribution in [0.15, 0.2) is 48.5 Å². The summed E-state index contributed by atoms with van der Waals surface area (Å²) in [4.78, 5) is 11.7. The third kappa shape index (κ3) is 5.65. The summed E-state index contributed by atoms with van der Waals surface area (Å²) in [6.07, 6.45) is -0.395. The highest BCUT2D eigenvalue weighted by atomic mass is 16.6. The van der Waals surface area contributed by atoms with Crippen LogP contribution >= 0.6 is 0 Å². The number of alkyl carbamates (subject to hydrolysis) is 1. The van der Waals surface area contributed by atoms with Gasteiger partial charge in [0, 0.05) is 6.54 Å². The molecule has 0 saturated carbocycles. The molecule has 130 valence electrons. The number of carbonyl (C=O) groups excluding carboxylic acids is 1. The van der Waals surface area contributed by atoms with Gasteiger partial charge in [-0.05, 0) is 55.5 Å². The molecule has 0 aliphatic heterocycles. The number of hydrogen-bond donors (Lipinski definition) is 1. The molecule has 1 amide bonds. The van der Waals surface area contributed by atoms with E-state index in [4.69, 9.17) is 10.00 Å². The zero-order valence-corrected chi connectivity index (χ0v) is 15.2. The van der Waals surface area contributed by atoms with Crippen molar-refractivity contribution in [3.05, 3.63) is 59.7 Å². The number of carbonyl (C=O) groups is 1. The van der Waals surface area contributed by atoms with E-state index < -0.39 is 11.7 Å². The Kier molecular flexibility index (Phi) is 5.82. The van der Waals surface area contributed by atoms with Crippen molar-refractivity contribution in [3.8, 4) is 17.2 Å². The van der Waals surface area contributed by atoms with Crippen molar-refractivity contribution in [1.29, 1.82) is 5.26 Å². The second kappa shape index (κ2) is 7.85. The second-order valence-electron chi connectivity index (χ2n) is 7.10. The molecule has 0 radical (unpaired) electrons. The van der Waals surface area contributed by atoms with E-state index in [0.29, 0.717) is 12.1 Å². The summed E-state index contributed by atoms with van der Waals surface area (Å²) in [6, 6.07) is 17.9. The van der Waals surface area contributed by atoms with Crippen LogP contribution in [0.4, 0.5) is 4.79 Å². The molecule has 0 spiro atoms. The lowest BCUT2D eigenvalue weighted by molar-refractivity contribution is 0.0525. The van der Waals surface area contributed by atoms with Crippen molar-refractivity contribution in [2.45, 2.75) is 39.2 Å². The predicted molar refractivity (Wildman–Crippen MR) is 99.2 cm³/mol. The van der Waals surface area contributed by atoms with Crippen LogP contribution in [-0.2, 0) is 4.74 Å². The summed E-state index contributed by atoms with van der Waals surface area (Å²) in [6.45, 7) is 8.12. The molecule has 0 heterocycles. The fourth-order valence-corrected chi connectivity index (χ4v) is 2.41. The van der Waals surface area contributed by atoms with E-state index in [1.165, 1.54) is 0 Å². The Bertz CT molecular complexity index is 750. The van der Waals surface area contributed by atoms with Gasteiger partial charge in [0.05, 0.1) is 11.6 Å². The van der Waals surface area contributed by atoms with Gasteiger partial charge < -0.3 is 10.1 Å². The average molecular weight is 336 g/mol. The second-order valence-corrected chi connectivity index (χ2v) is 7.10. The summed E-state index contributed by atoms with van der Waals surface area (Å²) < 4.78 is 5.25. The first-order chi connectivity index (χ1) is 11.8. The SMILES string of the molecule is CC(CNC(=O)OC(C)(C)C)c1ccc(-c2ccc(C#N)cc2)cc1. The van der Waals surface area contributed by atoms with E-state index >= 15 is 0 Å². The van der Waals surface area contributed by atoms with Gasteiger partial charge in [0.1, 0.15) is 5.60 Å². The molecular formula is C21H24N2O2. The smallest absolute Gasteiger partial charge is 0.407 e. The number of nitrogens with one attached hydrogen (secondary N) is 1. The minimum absolute atomic E-state index is 0.183. The van der Waals surface area contributed by atoms with E-state index in [-0.39, 0.29) is 5.92 Å². The number of rotatable bonds is 4. The monoisotopic (exact) mass is 336 g/mol. The molecule has 0 saturated heterocycles. The standard InChI is InChI=1S/C21H24N2O2/c1-15(14-23-20(24)25-21(2,3)4)17-9-11-19(12-10-17)18-7-5-16(13-22)6-8-18/h5-12,15H,14H2,1-4H3,(H,23,24). The van der Waals surface area contributed by atoms with Gasteiger partial charge in [-0.25, -0.2) is 4.79 Å². The van der Waals surface area contributed by atoms with Crippen LogP contribution in [0.25, 0.3) is 11.1 Å². The topological polar surface area (TPSA) is 62.1 Å². The van der Waals surface area contributed by atoms with Gasteiger partial charge in [-0.3, -0.25) is 0 Å². The van der Waals surface area contributed by atoms with Crippen LogP contribution < -0.4 is 5.32 Å². The zero-order valence-electron chi connectivity index (χ0n) is 15.2. The largest absolute Gasteiger partial charge is 0.444 e. The molecule has 4 nitrogen and oxygen atoms in total. The summed E-state index contributed by atoms with van der Waals surface area (Å²) in [5.41, 5.74) is 3.48. The van der Waals surface area contributed by atoms with Crippen LogP contribution in [0, 0.1) is 11.3 Å². The molecule has 1 N–H and O–H groups in total. The quantitative estimate of drug-likeness (QED) is 0.868. The van der Waals surface area contributed by atoms with E-state index in [1.807, 2.05) is 45.0 Å². The molecule has 1 unspecified atom stereocenters. The van der Waals surface area contributed by atoms with Crippen molar-refractivity contribution < 1.29 is 9.53 Å². The van der Waals surface area contributed by atoms with Crippen LogP contribution in [-0.4, -0.2) is 18.2 Å². The molecule has 4 heteroatoms. The van der Waals surface area contributed by atoms with Crippen LogP contribution in [0.5, 0.6) is 0 Å². The Morgan fingerprint density at radius 2 is 1.60 bits per heavy atom. The average Bonchev–Trinajstić information content (AvgIpc) is 2.58. The molecule has 2 rings (SSSR count). The predicted octanol–water partition coefficient (Wildman–Crippen LogP) is 4.85. The Morgan fingerprint density at radius 1 is 1.08 bits per heavy atom. The number of nitrogens with zero attached hydrogens (tertiary/aromatic N) is 1. The van der Waals surface area contributed by atoms with Gasteiger partial charge in [0.25, 0.3) is 0 Å². The number of ether oxygens (including phenoxy) is 1. The van der Waals surface area contributed by atoms with Crippen molar-refractivity contribution in [2.75, 3.05) is 6.54 Å². The van der Waals surface area contributed by atoms with Crippen molar-refractivity contribution in [3.63, 3.8) is 0 Å². The minimum atomic E-state index is -0.490. The minimum Gasteiger partial charge on any atom is -0.444 e. The number of nitriles is 1. The Balaban J connectivity index is 1.96. The lowest BCUT2D eigenvalue weighted by Gasteiger charge is -2.21. The van der Waals surface area contributed by atoms with Gasteiger partial charge in [-0.1, -0.05) is 43.3 Å².